The first kappa shape index (κ1) is 18.5. The van der Waals surface area contributed by atoms with Crippen LogP contribution < -0.4 is 4.90 Å². The molecule has 25 heavy (non-hydrogen) atoms. The maximum atomic E-state index is 10.1. The van der Waals surface area contributed by atoms with Gasteiger partial charge in [-0.1, -0.05) is 12.1 Å². The van der Waals surface area contributed by atoms with E-state index in [1.54, 1.807) is 30.6 Å². The van der Waals surface area contributed by atoms with Gasteiger partial charge in [-0.25, -0.2) is 0 Å². The lowest BCUT2D eigenvalue weighted by Gasteiger charge is -2.16. The molecule has 2 rings (SSSR count). The van der Waals surface area contributed by atoms with Gasteiger partial charge in [0.2, 0.25) is 0 Å². The SMILES string of the molecule is CN(C)c1ccc(C=NCC(C)(C)N=Cc2ccccc2O)c(O)c1. The second-order valence-corrected chi connectivity index (χ2v) is 6.74. The van der Waals surface area contributed by atoms with Crippen molar-refractivity contribution in [3.8, 4) is 11.5 Å². The molecule has 0 aliphatic rings. The van der Waals surface area contributed by atoms with Gasteiger partial charge in [0, 0.05) is 49.4 Å². The molecule has 0 amide bonds. The molecule has 0 bridgehead atoms. The van der Waals surface area contributed by atoms with Crippen molar-refractivity contribution in [1.29, 1.82) is 0 Å². The number of phenolic OH excluding ortho intramolecular Hbond substituents is 2. The van der Waals surface area contributed by atoms with E-state index in [0.29, 0.717) is 17.7 Å². The number of phenols is 2. The predicted octanol–water partition coefficient (Wildman–Crippen LogP) is 3.48. The van der Waals surface area contributed by atoms with E-state index in [0.717, 1.165) is 5.69 Å². The number of hydrogen-bond donors (Lipinski definition) is 2. The molecule has 0 unspecified atom stereocenters. The van der Waals surface area contributed by atoms with Gasteiger partial charge in [0.1, 0.15) is 11.5 Å². The van der Waals surface area contributed by atoms with Gasteiger partial charge in [-0.3, -0.25) is 9.98 Å². The van der Waals surface area contributed by atoms with Crippen LogP contribution in [0.3, 0.4) is 0 Å². The molecule has 2 N–H and O–H groups in total. The van der Waals surface area contributed by atoms with Crippen LogP contribution in [0.5, 0.6) is 11.5 Å². The van der Waals surface area contributed by atoms with Crippen molar-refractivity contribution < 1.29 is 10.2 Å². The zero-order valence-electron chi connectivity index (χ0n) is 15.1. The van der Waals surface area contributed by atoms with E-state index in [9.17, 15) is 10.2 Å². The van der Waals surface area contributed by atoms with Gasteiger partial charge in [0.15, 0.2) is 0 Å². The fourth-order valence-electron chi connectivity index (χ4n) is 2.17. The Kier molecular flexibility index (Phi) is 5.80. The number of hydrogen-bond acceptors (Lipinski definition) is 5. The van der Waals surface area contributed by atoms with Crippen LogP contribution in [-0.2, 0) is 0 Å². The molecule has 0 radical (unpaired) electrons. The Balaban J connectivity index is 2.04. The molecule has 2 aromatic carbocycles. The van der Waals surface area contributed by atoms with Crippen LogP contribution in [0.1, 0.15) is 25.0 Å². The van der Waals surface area contributed by atoms with E-state index >= 15 is 0 Å². The van der Waals surface area contributed by atoms with Crippen LogP contribution in [0.4, 0.5) is 5.69 Å². The number of anilines is 1. The maximum absolute atomic E-state index is 10.1. The highest BCUT2D eigenvalue weighted by atomic mass is 16.3. The van der Waals surface area contributed by atoms with Gasteiger partial charge < -0.3 is 15.1 Å². The van der Waals surface area contributed by atoms with Crippen LogP contribution in [-0.4, -0.2) is 48.8 Å². The number of rotatable bonds is 6. The normalized spacial score (nSPS) is 12.2. The quantitative estimate of drug-likeness (QED) is 0.792. The Morgan fingerprint density at radius 3 is 2.28 bits per heavy atom. The summed E-state index contributed by atoms with van der Waals surface area (Å²) in [5.41, 5.74) is 1.86. The van der Waals surface area contributed by atoms with Crippen LogP contribution in [0, 0.1) is 0 Å². The van der Waals surface area contributed by atoms with Gasteiger partial charge in [-0.2, -0.15) is 0 Å². The van der Waals surface area contributed by atoms with Crippen LogP contribution >= 0.6 is 0 Å². The fraction of sp³-hybridized carbons (Fsp3) is 0.300. The first-order valence-corrected chi connectivity index (χ1v) is 8.12. The highest BCUT2D eigenvalue weighted by Gasteiger charge is 2.14. The van der Waals surface area contributed by atoms with Gasteiger partial charge in [-0.15, -0.1) is 0 Å². The minimum Gasteiger partial charge on any atom is -0.507 e. The first-order valence-electron chi connectivity index (χ1n) is 8.12. The third-order valence-corrected chi connectivity index (χ3v) is 3.73. The Morgan fingerprint density at radius 1 is 0.960 bits per heavy atom. The lowest BCUT2D eigenvalue weighted by atomic mass is 10.1. The van der Waals surface area contributed by atoms with E-state index in [4.69, 9.17) is 0 Å². The molecule has 132 valence electrons. The van der Waals surface area contributed by atoms with E-state index < -0.39 is 5.54 Å². The molecular formula is C20H25N3O2. The van der Waals surface area contributed by atoms with Gasteiger partial charge in [0.05, 0.1) is 12.1 Å². The number of para-hydroxylation sites is 1. The largest absolute Gasteiger partial charge is 0.507 e. The summed E-state index contributed by atoms with van der Waals surface area (Å²) < 4.78 is 0. The van der Waals surface area contributed by atoms with Crippen LogP contribution in [0.2, 0.25) is 0 Å². The van der Waals surface area contributed by atoms with Gasteiger partial charge in [0.25, 0.3) is 0 Å². The summed E-state index contributed by atoms with van der Waals surface area (Å²) in [6.07, 6.45) is 3.32. The maximum Gasteiger partial charge on any atom is 0.126 e. The molecule has 0 spiro atoms. The van der Waals surface area contributed by atoms with Crippen molar-refractivity contribution in [3.63, 3.8) is 0 Å². The number of benzene rings is 2. The summed E-state index contributed by atoms with van der Waals surface area (Å²) in [6, 6.07) is 12.6. The third kappa shape index (κ3) is 5.35. The van der Waals surface area contributed by atoms with Crippen molar-refractivity contribution in [2.75, 3.05) is 25.5 Å². The molecule has 0 saturated heterocycles. The Bertz CT molecular complexity index is 780. The van der Waals surface area contributed by atoms with E-state index in [1.807, 2.05) is 57.1 Å². The second-order valence-electron chi connectivity index (χ2n) is 6.74. The van der Waals surface area contributed by atoms with Crippen molar-refractivity contribution in [1.82, 2.24) is 0 Å². The summed E-state index contributed by atoms with van der Waals surface area (Å²) in [5.74, 6) is 0.405. The Morgan fingerprint density at radius 2 is 1.64 bits per heavy atom. The summed E-state index contributed by atoms with van der Waals surface area (Å²) in [6.45, 7) is 4.40. The highest BCUT2D eigenvalue weighted by Crippen LogP contribution is 2.22. The summed E-state index contributed by atoms with van der Waals surface area (Å²) in [7, 11) is 3.85. The average Bonchev–Trinajstić information content (AvgIpc) is 2.55. The summed E-state index contributed by atoms with van der Waals surface area (Å²) >= 11 is 0. The molecule has 5 nitrogen and oxygen atoms in total. The Hall–Kier alpha value is -2.82. The number of aromatic hydroxyl groups is 2. The zero-order valence-corrected chi connectivity index (χ0v) is 15.1. The smallest absolute Gasteiger partial charge is 0.126 e. The van der Waals surface area contributed by atoms with Crippen LogP contribution in [0.15, 0.2) is 52.4 Å². The first-order chi connectivity index (χ1) is 11.8. The standard InChI is InChI=1S/C20H25N3O2/c1-20(2,22-13-15-7-5-6-8-18(15)24)14-21-12-16-9-10-17(23(3)4)11-19(16)25/h5-13,24-25H,14H2,1-4H3. The third-order valence-electron chi connectivity index (χ3n) is 3.73. The molecule has 0 aliphatic heterocycles. The topological polar surface area (TPSA) is 68.4 Å². The highest BCUT2D eigenvalue weighted by molar-refractivity contribution is 5.85. The molecule has 5 heteroatoms. The minimum atomic E-state index is -0.419. The lowest BCUT2D eigenvalue weighted by Crippen LogP contribution is -2.21. The van der Waals surface area contributed by atoms with Crippen molar-refractivity contribution >= 4 is 18.1 Å². The van der Waals surface area contributed by atoms with Crippen molar-refractivity contribution in [2.45, 2.75) is 19.4 Å². The second kappa shape index (κ2) is 7.83. The predicted molar refractivity (Wildman–Crippen MR) is 105 cm³/mol. The lowest BCUT2D eigenvalue weighted by molar-refractivity contribution is 0.473. The van der Waals surface area contributed by atoms with E-state index in [2.05, 4.69) is 9.98 Å². The van der Waals surface area contributed by atoms with E-state index in [1.165, 1.54) is 0 Å². The molecule has 0 fully saturated rings. The molecule has 0 heterocycles. The van der Waals surface area contributed by atoms with Crippen molar-refractivity contribution in [3.05, 3.63) is 53.6 Å². The minimum absolute atomic E-state index is 0.200. The molecule has 0 aromatic heterocycles. The number of nitrogens with zero attached hydrogens (tertiary/aromatic N) is 3. The average molecular weight is 339 g/mol. The van der Waals surface area contributed by atoms with Gasteiger partial charge in [-0.05, 0) is 38.1 Å². The van der Waals surface area contributed by atoms with Gasteiger partial charge >= 0.3 is 0 Å². The number of aliphatic imine (C=N–C) groups is 2. The van der Waals surface area contributed by atoms with E-state index in [-0.39, 0.29) is 11.5 Å². The summed E-state index contributed by atoms with van der Waals surface area (Å²) in [4.78, 5) is 10.8. The Labute approximate surface area is 149 Å². The fourth-order valence-corrected chi connectivity index (χ4v) is 2.17. The zero-order chi connectivity index (χ0) is 18.4. The molecule has 0 saturated carbocycles. The molecule has 2 aromatic rings. The molecule has 0 aliphatic carbocycles. The molecule has 0 atom stereocenters. The summed E-state index contributed by atoms with van der Waals surface area (Å²) in [5, 5.41) is 19.8. The van der Waals surface area contributed by atoms with Crippen molar-refractivity contribution in [2.24, 2.45) is 9.98 Å². The van der Waals surface area contributed by atoms with Crippen LogP contribution in [0.25, 0.3) is 0 Å². The molecular weight excluding hydrogens is 314 g/mol. The monoisotopic (exact) mass is 339 g/mol.